The molecule has 0 N–H and O–H groups in total. The lowest BCUT2D eigenvalue weighted by atomic mass is 10.1. The molecule has 0 spiro atoms. The molecule has 0 radical (unpaired) electrons. The summed E-state index contributed by atoms with van der Waals surface area (Å²) < 4.78 is 0. The molecule has 2 heteroatoms. The average Bonchev–Trinajstić information content (AvgIpc) is 2.67. The van der Waals surface area contributed by atoms with E-state index >= 15 is 0 Å². The molecule has 0 aromatic heterocycles. The molecule has 114 valence electrons. The highest BCUT2D eigenvalue weighted by molar-refractivity contribution is 5.85. The van der Waals surface area contributed by atoms with E-state index in [1.165, 1.54) is 21.9 Å². The van der Waals surface area contributed by atoms with Crippen LogP contribution in [0.15, 0.2) is 107 Å². The van der Waals surface area contributed by atoms with E-state index in [1.807, 2.05) is 48.5 Å². The van der Waals surface area contributed by atoms with Gasteiger partial charge in [0.15, 0.2) is 0 Å². The van der Waals surface area contributed by atoms with Crippen LogP contribution in [0.2, 0.25) is 0 Å². The molecule has 4 aromatic carbocycles. The van der Waals surface area contributed by atoms with Gasteiger partial charge in [0.05, 0.1) is 11.4 Å². The van der Waals surface area contributed by atoms with Crippen LogP contribution in [0.25, 0.3) is 21.9 Å². The normalized spacial score (nSPS) is 11.2. The molecule has 0 bridgehead atoms. The highest BCUT2D eigenvalue weighted by atomic mass is 15.1. The Bertz CT molecular complexity index is 987. The summed E-state index contributed by atoms with van der Waals surface area (Å²) in [4.78, 5) is 0. The molecular formula is C22H16N2. The molecule has 0 saturated heterocycles. The minimum atomic E-state index is 0.850. The average molecular weight is 308 g/mol. The standard InChI is InChI=1S/C22H16N2/c1-2-6-17(7-3-1)19-10-13-21(14-11-19)23-24-22-15-12-18-8-4-5-9-20(18)16-22/h1-16H. The number of azo groups is 1. The van der Waals surface area contributed by atoms with Gasteiger partial charge in [-0.1, -0.05) is 72.8 Å². The van der Waals surface area contributed by atoms with Crippen LogP contribution in [0.1, 0.15) is 0 Å². The Kier molecular flexibility index (Phi) is 3.86. The molecule has 0 aliphatic carbocycles. The molecule has 0 atom stereocenters. The topological polar surface area (TPSA) is 24.7 Å². The van der Waals surface area contributed by atoms with Crippen LogP contribution < -0.4 is 0 Å². The predicted molar refractivity (Wildman–Crippen MR) is 100 cm³/mol. The molecular weight excluding hydrogens is 292 g/mol. The van der Waals surface area contributed by atoms with Crippen LogP contribution in [0.3, 0.4) is 0 Å². The van der Waals surface area contributed by atoms with Crippen LogP contribution in [-0.2, 0) is 0 Å². The van der Waals surface area contributed by atoms with Crippen molar-refractivity contribution < 1.29 is 0 Å². The predicted octanol–water partition coefficient (Wildman–Crippen LogP) is 6.92. The molecule has 0 aliphatic rings. The largest absolute Gasteiger partial charge is 0.151 e. The first-order valence-electron chi connectivity index (χ1n) is 7.94. The molecule has 0 saturated carbocycles. The highest BCUT2D eigenvalue weighted by Crippen LogP contribution is 2.25. The van der Waals surface area contributed by atoms with Crippen molar-refractivity contribution in [2.45, 2.75) is 0 Å². The minimum Gasteiger partial charge on any atom is -0.151 e. The maximum absolute atomic E-state index is 4.35. The van der Waals surface area contributed by atoms with Crippen molar-refractivity contribution in [2.24, 2.45) is 10.2 Å². The lowest BCUT2D eigenvalue weighted by molar-refractivity contribution is 1.23. The van der Waals surface area contributed by atoms with Gasteiger partial charge < -0.3 is 0 Å². The maximum atomic E-state index is 4.35. The Morgan fingerprint density at radius 3 is 1.79 bits per heavy atom. The van der Waals surface area contributed by atoms with Crippen molar-refractivity contribution in [3.05, 3.63) is 97.1 Å². The summed E-state index contributed by atoms with van der Waals surface area (Å²) in [5.41, 5.74) is 4.10. The molecule has 0 unspecified atom stereocenters. The smallest absolute Gasteiger partial charge is 0.0863 e. The van der Waals surface area contributed by atoms with Gasteiger partial charge in [-0.15, -0.1) is 0 Å². The fraction of sp³-hybridized carbons (Fsp3) is 0. The van der Waals surface area contributed by atoms with Crippen molar-refractivity contribution in [2.75, 3.05) is 0 Å². The Morgan fingerprint density at radius 1 is 0.417 bits per heavy atom. The molecule has 0 fully saturated rings. The van der Waals surface area contributed by atoms with Gasteiger partial charge >= 0.3 is 0 Å². The number of rotatable bonds is 3. The second-order valence-corrected chi connectivity index (χ2v) is 5.64. The third kappa shape index (κ3) is 3.08. The van der Waals surface area contributed by atoms with E-state index < -0.39 is 0 Å². The van der Waals surface area contributed by atoms with Gasteiger partial charge in [-0.3, -0.25) is 0 Å². The first-order valence-corrected chi connectivity index (χ1v) is 7.94. The van der Waals surface area contributed by atoms with Gasteiger partial charge in [0.1, 0.15) is 0 Å². The second-order valence-electron chi connectivity index (χ2n) is 5.64. The third-order valence-electron chi connectivity index (χ3n) is 3.99. The van der Waals surface area contributed by atoms with Crippen molar-refractivity contribution in [3.8, 4) is 11.1 Å². The quantitative estimate of drug-likeness (QED) is 0.367. The van der Waals surface area contributed by atoms with E-state index in [2.05, 4.69) is 58.8 Å². The Hall–Kier alpha value is -3.26. The van der Waals surface area contributed by atoms with Gasteiger partial charge in [0, 0.05) is 0 Å². The fourth-order valence-corrected chi connectivity index (χ4v) is 2.71. The van der Waals surface area contributed by atoms with E-state index in [4.69, 9.17) is 0 Å². The van der Waals surface area contributed by atoms with Gasteiger partial charge in [0.25, 0.3) is 0 Å². The van der Waals surface area contributed by atoms with Gasteiger partial charge in [-0.05, 0) is 46.2 Å². The zero-order valence-corrected chi connectivity index (χ0v) is 13.1. The first-order chi connectivity index (χ1) is 11.9. The number of nitrogens with zero attached hydrogens (tertiary/aromatic N) is 2. The Labute approximate surface area is 141 Å². The molecule has 0 aliphatic heterocycles. The van der Waals surface area contributed by atoms with Crippen molar-refractivity contribution >= 4 is 22.1 Å². The summed E-state index contributed by atoms with van der Waals surface area (Å²) >= 11 is 0. The van der Waals surface area contributed by atoms with Gasteiger partial charge in [-0.2, -0.15) is 10.2 Å². The van der Waals surface area contributed by atoms with Crippen LogP contribution >= 0.6 is 0 Å². The van der Waals surface area contributed by atoms with Gasteiger partial charge in [0.2, 0.25) is 0 Å². The molecule has 0 amide bonds. The van der Waals surface area contributed by atoms with Crippen molar-refractivity contribution in [1.82, 2.24) is 0 Å². The van der Waals surface area contributed by atoms with Crippen LogP contribution in [-0.4, -0.2) is 0 Å². The summed E-state index contributed by atoms with van der Waals surface area (Å²) in [7, 11) is 0. The second kappa shape index (κ2) is 6.47. The number of hydrogen-bond donors (Lipinski definition) is 0. The van der Waals surface area contributed by atoms with E-state index in [0.717, 1.165) is 11.4 Å². The minimum absolute atomic E-state index is 0.850. The molecule has 2 nitrogen and oxygen atoms in total. The zero-order chi connectivity index (χ0) is 16.2. The summed E-state index contributed by atoms with van der Waals surface area (Å²) in [6.07, 6.45) is 0. The SMILES string of the molecule is c1ccc(-c2ccc(N=Nc3ccc4ccccc4c3)cc2)cc1. The Morgan fingerprint density at radius 2 is 1.00 bits per heavy atom. The van der Waals surface area contributed by atoms with Crippen molar-refractivity contribution in [3.63, 3.8) is 0 Å². The van der Waals surface area contributed by atoms with Crippen LogP contribution in [0.4, 0.5) is 11.4 Å². The Balaban J connectivity index is 1.56. The fourth-order valence-electron chi connectivity index (χ4n) is 2.71. The summed E-state index contributed by atoms with van der Waals surface area (Å²) in [5.74, 6) is 0. The molecule has 4 rings (SSSR count). The zero-order valence-electron chi connectivity index (χ0n) is 13.1. The number of benzene rings is 4. The van der Waals surface area contributed by atoms with E-state index in [9.17, 15) is 0 Å². The van der Waals surface area contributed by atoms with Crippen molar-refractivity contribution in [1.29, 1.82) is 0 Å². The number of fused-ring (bicyclic) bond motifs is 1. The lowest BCUT2D eigenvalue weighted by Gasteiger charge is -2.01. The van der Waals surface area contributed by atoms with Gasteiger partial charge in [-0.25, -0.2) is 0 Å². The summed E-state index contributed by atoms with van der Waals surface area (Å²) in [6.45, 7) is 0. The first kappa shape index (κ1) is 14.3. The van der Waals surface area contributed by atoms with E-state index in [1.54, 1.807) is 0 Å². The third-order valence-corrected chi connectivity index (χ3v) is 3.99. The maximum Gasteiger partial charge on any atom is 0.0863 e. The van der Waals surface area contributed by atoms with E-state index in [0.29, 0.717) is 0 Å². The van der Waals surface area contributed by atoms with Crippen LogP contribution in [0, 0.1) is 0 Å². The summed E-state index contributed by atoms with van der Waals surface area (Å²) in [6, 6.07) is 32.8. The monoisotopic (exact) mass is 308 g/mol. The van der Waals surface area contributed by atoms with Crippen LogP contribution in [0.5, 0.6) is 0 Å². The molecule has 24 heavy (non-hydrogen) atoms. The number of hydrogen-bond acceptors (Lipinski definition) is 2. The lowest BCUT2D eigenvalue weighted by Crippen LogP contribution is -1.75. The van der Waals surface area contributed by atoms with E-state index in [-0.39, 0.29) is 0 Å². The summed E-state index contributed by atoms with van der Waals surface area (Å²) in [5, 5.41) is 11.1. The highest BCUT2D eigenvalue weighted by Gasteiger charge is 1.98. The molecule has 4 aromatic rings. The molecule has 0 heterocycles.